The van der Waals surface area contributed by atoms with Crippen LogP contribution in [0, 0.1) is 0 Å². The Balaban J connectivity index is 1.38. The number of benzene rings is 1. The Bertz CT molecular complexity index is 1130. The number of carbonyl (C=O) groups excluding carboxylic acids is 2. The van der Waals surface area contributed by atoms with Crippen LogP contribution in [0.5, 0.6) is 5.75 Å². The van der Waals surface area contributed by atoms with Crippen LogP contribution in [-0.4, -0.2) is 56.7 Å². The molecule has 0 radical (unpaired) electrons. The standard InChI is InChI=1S/C23H25N5O4S/c1-3-32-19-10-16(4-5-18(19)14(2)29)17-11-21(31)28(12-17)13-20(30)25-23-27-26-22(33-23)15-6-8-24-9-7-15/h4-10,14,17,29H,3,11-13H2,1-2H3,(H,25,27,30)/t14?,17-/m1/s1. The number of likely N-dealkylation sites (tertiary alicyclic amines) is 1. The van der Waals surface area contributed by atoms with Gasteiger partial charge in [-0.1, -0.05) is 23.5 Å². The maximum absolute atomic E-state index is 12.6. The van der Waals surface area contributed by atoms with Crippen LogP contribution >= 0.6 is 11.3 Å². The minimum atomic E-state index is -0.648. The van der Waals surface area contributed by atoms with Crippen molar-refractivity contribution in [3.8, 4) is 16.3 Å². The van der Waals surface area contributed by atoms with Gasteiger partial charge in [-0.25, -0.2) is 0 Å². The molecule has 1 fully saturated rings. The summed E-state index contributed by atoms with van der Waals surface area (Å²) in [6, 6.07) is 9.27. The number of ether oxygens (including phenoxy) is 1. The fourth-order valence-corrected chi connectivity index (χ4v) is 4.56. The van der Waals surface area contributed by atoms with Gasteiger partial charge in [-0.3, -0.25) is 19.9 Å². The van der Waals surface area contributed by atoms with E-state index in [0.29, 0.717) is 41.0 Å². The highest BCUT2D eigenvalue weighted by molar-refractivity contribution is 7.18. The summed E-state index contributed by atoms with van der Waals surface area (Å²) in [5.74, 6) is 0.172. The van der Waals surface area contributed by atoms with Crippen LogP contribution in [0.15, 0.2) is 42.7 Å². The number of nitrogens with one attached hydrogen (secondary N) is 1. The highest BCUT2D eigenvalue weighted by Gasteiger charge is 2.32. The molecule has 4 rings (SSSR count). The Morgan fingerprint density at radius 3 is 2.82 bits per heavy atom. The Morgan fingerprint density at radius 1 is 1.30 bits per heavy atom. The predicted molar refractivity (Wildman–Crippen MR) is 124 cm³/mol. The van der Waals surface area contributed by atoms with Gasteiger partial charge >= 0.3 is 0 Å². The zero-order valence-electron chi connectivity index (χ0n) is 18.4. The molecule has 9 nitrogen and oxygen atoms in total. The van der Waals surface area contributed by atoms with Crippen molar-refractivity contribution >= 4 is 28.3 Å². The third-order valence-electron chi connectivity index (χ3n) is 5.41. The molecule has 2 amide bonds. The highest BCUT2D eigenvalue weighted by Crippen LogP contribution is 2.34. The number of hydrogen-bond donors (Lipinski definition) is 2. The van der Waals surface area contributed by atoms with E-state index < -0.39 is 6.10 Å². The van der Waals surface area contributed by atoms with Gasteiger partial charge in [0.2, 0.25) is 16.9 Å². The quantitative estimate of drug-likeness (QED) is 0.523. The molecule has 1 unspecified atom stereocenters. The van der Waals surface area contributed by atoms with Crippen LogP contribution in [0.4, 0.5) is 5.13 Å². The predicted octanol–water partition coefficient (Wildman–Crippen LogP) is 3.01. The molecular weight excluding hydrogens is 442 g/mol. The number of anilines is 1. The fraction of sp³-hybridized carbons (Fsp3) is 0.348. The Kier molecular flexibility index (Phi) is 6.95. The zero-order valence-corrected chi connectivity index (χ0v) is 19.2. The molecule has 172 valence electrons. The normalized spacial score (nSPS) is 16.6. The SMILES string of the molecule is CCOc1cc([C@@H]2CC(=O)N(CC(=O)Nc3nnc(-c4ccncc4)s3)C2)ccc1C(C)O. The lowest BCUT2D eigenvalue weighted by molar-refractivity contribution is -0.131. The van der Waals surface area contributed by atoms with Crippen LogP contribution in [0.25, 0.3) is 10.6 Å². The molecule has 0 bridgehead atoms. The average molecular weight is 468 g/mol. The van der Waals surface area contributed by atoms with Gasteiger partial charge in [-0.05, 0) is 37.6 Å². The Morgan fingerprint density at radius 2 is 2.09 bits per heavy atom. The molecule has 1 aromatic carbocycles. The molecule has 33 heavy (non-hydrogen) atoms. The van der Waals surface area contributed by atoms with E-state index in [9.17, 15) is 14.7 Å². The summed E-state index contributed by atoms with van der Waals surface area (Å²) < 4.78 is 5.68. The first-order chi connectivity index (χ1) is 15.9. The third kappa shape index (κ3) is 5.35. The van der Waals surface area contributed by atoms with Crippen molar-refractivity contribution in [3.63, 3.8) is 0 Å². The van der Waals surface area contributed by atoms with Gasteiger partial charge in [0.1, 0.15) is 10.8 Å². The molecule has 3 heterocycles. The second kappa shape index (κ2) is 10.1. The second-order valence-electron chi connectivity index (χ2n) is 7.78. The molecule has 2 atom stereocenters. The first kappa shape index (κ1) is 22.8. The summed E-state index contributed by atoms with van der Waals surface area (Å²) in [5, 5.41) is 21.9. The number of nitrogens with zero attached hydrogens (tertiary/aromatic N) is 4. The van der Waals surface area contributed by atoms with Crippen LogP contribution in [0.3, 0.4) is 0 Å². The van der Waals surface area contributed by atoms with E-state index in [-0.39, 0.29) is 24.3 Å². The van der Waals surface area contributed by atoms with Crippen LogP contribution in [0.1, 0.15) is 43.4 Å². The molecule has 3 aromatic rings. The summed E-state index contributed by atoms with van der Waals surface area (Å²) >= 11 is 1.26. The first-order valence-corrected chi connectivity index (χ1v) is 11.5. The number of carbonyl (C=O) groups is 2. The number of hydrogen-bond acceptors (Lipinski definition) is 8. The van der Waals surface area contributed by atoms with Gasteiger partial charge in [-0.2, -0.15) is 0 Å². The van der Waals surface area contributed by atoms with Crippen molar-refractivity contribution in [3.05, 3.63) is 53.9 Å². The number of amides is 2. The molecular formula is C23H25N5O4S. The lowest BCUT2D eigenvalue weighted by Gasteiger charge is -2.18. The maximum atomic E-state index is 12.6. The Labute approximate surface area is 195 Å². The summed E-state index contributed by atoms with van der Waals surface area (Å²) in [6.45, 7) is 4.44. The lowest BCUT2D eigenvalue weighted by atomic mass is 9.95. The number of aliphatic hydroxyl groups is 1. The molecule has 0 saturated carbocycles. The topological polar surface area (TPSA) is 118 Å². The molecule has 1 aliphatic heterocycles. The summed E-state index contributed by atoms with van der Waals surface area (Å²) in [5.41, 5.74) is 2.53. The van der Waals surface area contributed by atoms with E-state index in [0.717, 1.165) is 11.1 Å². The minimum Gasteiger partial charge on any atom is -0.493 e. The van der Waals surface area contributed by atoms with E-state index in [1.807, 2.05) is 37.3 Å². The molecule has 1 aliphatic rings. The summed E-state index contributed by atoms with van der Waals surface area (Å²) in [7, 11) is 0. The zero-order chi connectivity index (χ0) is 23.4. The van der Waals surface area contributed by atoms with Gasteiger partial charge in [0.15, 0.2) is 0 Å². The number of aromatic nitrogens is 3. The molecule has 1 saturated heterocycles. The molecule has 2 N–H and O–H groups in total. The monoisotopic (exact) mass is 467 g/mol. The van der Waals surface area contributed by atoms with E-state index >= 15 is 0 Å². The largest absolute Gasteiger partial charge is 0.493 e. The maximum Gasteiger partial charge on any atom is 0.245 e. The fourth-order valence-electron chi connectivity index (χ4n) is 3.80. The van der Waals surface area contributed by atoms with E-state index in [1.54, 1.807) is 24.2 Å². The van der Waals surface area contributed by atoms with Crippen LogP contribution in [-0.2, 0) is 9.59 Å². The van der Waals surface area contributed by atoms with Crippen molar-refractivity contribution in [1.82, 2.24) is 20.1 Å². The summed E-state index contributed by atoms with van der Waals surface area (Å²) in [4.78, 5) is 30.6. The van der Waals surface area contributed by atoms with Crippen molar-refractivity contribution in [2.24, 2.45) is 0 Å². The number of pyridine rings is 1. The van der Waals surface area contributed by atoms with E-state index in [2.05, 4.69) is 20.5 Å². The van der Waals surface area contributed by atoms with Crippen molar-refractivity contribution < 1.29 is 19.4 Å². The van der Waals surface area contributed by atoms with Crippen molar-refractivity contribution in [2.75, 3.05) is 25.0 Å². The molecule has 2 aromatic heterocycles. The number of rotatable bonds is 8. The summed E-state index contributed by atoms with van der Waals surface area (Å²) in [6.07, 6.45) is 3.00. The minimum absolute atomic E-state index is 0.0487. The third-order valence-corrected chi connectivity index (χ3v) is 6.29. The van der Waals surface area contributed by atoms with Gasteiger partial charge in [0.25, 0.3) is 0 Å². The van der Waals surface area contributed by atoms with Crippen molar-refractivity contribution in [1.29, 1.82) is 0 Å². The highest BCUT2D eigenvalue weighted by atomic mass is 32.1. The first-order valence-electron chi connectivity index (χ1n) is 10.7. The average Bonchev–Trinajstić information content (AvgIpc) is 3.41. The van der Waals surface area contributed by atoms with Crippen molar-refractivity contribution in [2.45, 2.75) is 32.3 Å². The number of aliphatic hydroxyl groups excluding tert-OH is 1. The Hall–Kier alpha value is -3.37. The van der Waals surface area contributed by atoms with E-state index in [1.165, 1.54) is 11.3 Å². The smallest absolute Gasteiger partial charge is 0.245 e. The van der Waals surface area contributed by atoms with Gasteiger partial charge in [0.05, 0.1) is 19.3 Å². The second-order valence-corrected chi connectivity index (χ2v) is 8.76. The lowest BCUT2D eigenvalue weighted by Crippen LogP contribution is -2.34. The molecule has 10 heteroatoms. The van der Waals surface area contributed by atoms with Gasteiger partial charge in [0, 0.05) is 42.4 Å². The molecule has 0 spiro atoms. The van der Waals surface area contributed by atoms with Gasteiger partial charge in [-0.15, -0.1) is 10.2 Å². The van der Waals surface area contributed by atoms with Crippen LogP contribution in [0.2, 0.25) is 0 Å². The van der Waals surface area contributed by atoms with Crippen LogP contribution < -0.4 is 10.1 Å². The molecule has 0 aliphatic carbocycles. The van der Waals surface area contributed by atoms with Gasteiger partial charge < -0.3 is 14.7 Å². The van der Waals surface area contributed by atoms with E-state index in [4.69, 9.17) is 4.74 Å².